The molecule has 1 aromatic carbocycles. The lowest BCUT2D eigenvalue weighted by Gasteiger charge is -2.48. The van der Waals surface area contributed by atoms with E-state index in [1.54, 1.807) is 17.0 Å². The number of rotatable bonds is 4. The summed E-state index contributed by atoms with van der Waals surface area (Å²) in [6.07, 6.45) is 2.31. The van der Waals surface area contributed by atoms with E-state index in [-0.39, 0.29) is 17.3 Å². The van der Waals surface area contributed by atoms with Crippen LogP contribution >= 0.6 is 0 Å². The van der Waals surface area contributed by atoms with Gasteiger partial charge >= 0.3 is 0 Å². The number of hydrogen-bond acceptors (Lipinski definition) is 2. The molecule has 1 aliphatic rings. The van der Waals surface area contributed by atoms with Crippen LogP contribution in [0.5, 0.6) is 0 Å². The summed E-state index contributed by atoms with van der Waals surface area (Å²) in [4.78, 5) is 13.7. The molecular weight excluding hydrogens is 231 g/mol. The summed E-state index contributed by atoms with van der Waals surface area (Å²) in [6, 6.07) is 6.05. The zero-order chi connectivity index (χ0) is 13.2. The SMILES string of the molecule is CCCC1(N)CN(C(=O)Cc2ccc(F)cc2)C1. The van der Waals surface area contributed by atoms with Crippen molar-refractivity contribution in [2.45, 2.75) is 31.7 Å². The summed E-state index contributed by atoms with van der Waals surface area (Å²) in [7, 11) is 0. The number of benzene rings is 1. The van der Waals surface area contributed by atoms with Gasteiger partial charge in [-0.05, 0) is 24.1 Å². The van der Waals surface area contributed by atoms with E-state index in [0.717, 1.165) is 18.4 Å². The van der Waals surface area contributed by atoms with Crippen LogP contribution in [0.15, 0.2) is 24.3 Å². The van der Waals surface area contributed by atoms with E-state index < -0.39 is 0 Å². The quantitative estimate of drug-likeness (QED) is 0.884. The van der Waals surface area contributed by atoms with Gasteiger partial charge < -0.3 is 10.6 Å². The zero-order valence-electron chi connectivity index (χ0n) is 10.7. The molecule has 2 N–H and O–H groups in total. The Kier molecular flexibility index (Phi) is 3.66. The Morgan fingerprint density at radius 1 is 1.39 bits per heavy atom. The number of amides is 1. The van der Waals surface area contributed by atoms with Crippen LogP contribution in [0.25, 0.3) is 0 Å². The highest BCUT2D eigenvalue weighted by molar-refractivity contribution is 5.80. The third-order valence-electron chi connectivity index (χ3n) is 3.38. The van der Waals surface area contributed by atoms with Crippen LogP contribution in [-0.2, 0) is 11.2 Å². The highest BCUT2D eigenvalue weighted by Crippen LogP contribution is 2.23. The Balaban J connectivity index is 1.85. The molecule has 0 unspecified atom stereocenters. The molecular formula is C14H19FN2O. The zero-order valence-corrected chi connectivity index (χ0v) is 10.7. The maximum atomic E-state index is 12.7. The second kappa shape index (κ2) is 5.06. The van der Waals surface area contributed by atoms with Crippen LogP contribution in [0.3, 0.4) is 0 Å². The standard InChI is InChI=1S/C14H19FN2O/c1-2-7-14(16)9-17(10-14)13(18)8-11-3-5-12(15)6-4-11/h3-6H,2,7-10,16H2,1H3. The number of halogens is 1. The van der Waals surface area contributed by atoms with Gasteiger partial charge in [0.1, 0.15) is 5.82 Å². The molecule has 1 aromatic rings. The summed E-state index contributed by atoms with van der Waals surface area (Å²) < 4.78 is 12.7. The molecule has 18 heavy (non-hydrogen) atoms. The van der Waals surface area contributed by atoms with Gasteiger partial charge in [0, 0.05) is 13.1 Å². The smallest absolute Gasteiger partial charge is 0.227 e. The van der Waals surface area contributed by atoms with Crippen LogP contribution in [0.2, 0.25) is 0 Å². The van der Waals surface area contributed by atoms with Crippen molar-refractivity contribution in [1.82, 2.24) is 4.90 Å². The van der Waals surface area contributed by atoms with Crippen LogP contribution in [-0.4, -0.2) is 29.4 Å². The van der Waals surface area contributed by atoms with Crippen molar-refractivity contribution in [3.63, 3.8) is 0 Å². The number of hydrogen-bond donors (Lipinski definition) is 1. The molecule has 0 aromatic heterocycles. The van der Waals surface area contributed by atoms with Gasteiger partial charge in [-0.15, -0.1) is 0 Å². The lowest BCUT2D eigenvalue weighted by atomic mass is 9.86. The monoisotopic (exact) mass is 250 g/mol. The fraction of sp³-hybridized carbons (Fsp3) is 0.500. The second-order valence-electron chi connectivity index (χ2n) is 5.17. The van der Waals surface area contributed by atoms with E-state index in [0.29, 0.717) is 19.5 Å². The Morgan fingerprint density at radius 2 is 2.00 bits per heavy atom. The van der Waals surface area contributed by atoms with Crippen molar-refractivity contribution >= 4 is 5.91 Å². The number of carbonyl (C=O) groups is 1. The molecule has 1 heterocycles. The van der Waals surface area contributed by atoms with Gasteiger partial charge in [-0.1, -0.05) is 25.5 Å². The predicted octanol–water partition coefficient (Wildman–Crippen LogP) is 1.71. The molecule has 98 valence electrons. The fourth-order valence-electron chi connectivity index (χ4n) is 2.43. The average Bonchev–Trinajstić information content (AvgIpc) is 2.29. The first-order chi connectivity index (χ1) is 8.52. The molecule has 0 bridgehead atoms. The van der Waals surface area contributed by atoms with Crippen molar-refractivity contribution in [3.05, 3.63) is 35.6 Å². The second-order valence-corrected chi connectivity index (χ2v) is 5.17. The third kappa shape index (κ3) is 2.88. The van der Waals surface area contributed by atoms with Gasteiger partial charge in [-0.3, -0.25) is 4.79 Å². The predicted molar refractivity (Wildman–Crippen MR) is 68.5 cm³/mol. The number of nitrogens with two attached hydrogens (primary N) is 1. The summed E-state index contributed by atoms with van der Waals surface area (Å²) in [6.45, 7) is 3.37. The number of likely N-dealkylation sites (tertiary alicyclic amines) is 1. The van der Waals surface area contributed by atoms with Gasteiger partial charge in [0.25, 0.3) is 0 Å². The molecule has 0 saturated carbocycles. The van der Waals surface area contributed by atoms with E-state index in [4.69, 9.17) is 5.73 Å². The Labute approximate surface area is 107 Å². The third-order valence-corrected chi connectivity index (χ3v) is 3.38. The Hall–Kier alpha value is -1.42. The van der Waals surface area contributed by atoms with Crippen molar-refractivity contribution < 1.29 is 9.18 Å². The van der Waals surface area contributed by atoms with Crippen molar-refractivity contribution in [3.8, 4) is 0 Å². The first-order valence-corrected chi connectivity index (χ1v) is 6.33. The fourth-order valence-corrected chi connectivity index (χ4v) is 2.43. The lowest BCUT2D eigenvalue weighted by molar-refractivity contribution is -0.138. The van der Waals surface area contributed by atoms with E-state index >= 15 is 0 Å². The molecule has 0 aliphatic carbocycles. The Morgan fingerprint density at radius 3 is 2.56 bits per heavy atom. The molecule has 2 rings (SSSR count). The minimum Gasteiger partial charge on any atom is -0.339 e. The molecule has 3 nitrogen and oxygen atoms in total. The average molecular weight is 250 g/mol. The molecule has 1 aliphatic heterocycles. The maximum Gasteiger partial charge on any atom is 0.227 e. The molecule has 1 fully saturated rings. The van der Waals surface area contributed by atoms with Gasteiger partial charge in [0.2, 0.25) is 5.91 Å². The summed E-state index contributed by atoms with van der Waals surface area (Å²) in [5.41, 5.74) is 6.76. The topological polar surface area (TPSA) is 46.3 Å². The van der Waals surface area contributed by atoms with Crippen molar-refractivity contribution in [2.24, 2.45) is 5.73 Å². The van der Waals surface area contributed by atoms with Crippen LogP contribution in [0, 0.1) is 5.82 Å². The van der Waals surface area contributed by atoms with Gasteiger partial charge in [-0.25, -0.2) is 4.39 Å². The normalized spacial score (nSPS) is 17.4. The van der Waals surface area contributed by atoms with Gasteiger partial charge in [0.15, 0.2) is 0 Å². The Bertz CT molecular complexity index is 424. The van der Waals surface area contributed by atoms with Crippen molar-refractivity contribution in [2.75, 3.05) is 13.1 Å². The number of carbonyl (C=O) groups excluding carboxylic acids is 1. The molecule has 0 radical (unpaired) electrons. The molecule has 1 saturated heterocycles. The highest BCUT2D eigenvalue weighted by atomic mass is 19.1. The van der Waals surface area contributed by atoms with E-state index in [9.17, 15) is 9.18 Å². The molecule has 1 amide bonds. The number of nitrogens with zero attached hydrogens (tertiary/aromatic N) is 1. The van der Waals surface area contributed by atoms with Gasteiger partial charge in [0.05, 0.1) is 12.0 Å². The summed E-state index contributed by atoms with van der Waals surface area (Å²) in [5, 5.41) is 0. The van der Waals surface area contributed by atoms with Crippen LogP contribution < -0.4 is 5.73 Å². The first kappa shape index (κ1) is 13.0. The molecule has 4 heteroatoms. The summed E-state index contributed by atoms with van der Waals surface area (Å²) in [5.74, 6) is -0.210. The van der Waals surface area contributed by atoms with E-state index in [2.05, 4.69) is 6.92 Å². The largest absolute Gasteiger partial charge is 0.339 e. The van der Waals surface area contributed by atoms with E-state index in [1.807, 2.05) is 0 Å². The van der Waals surface area contributed by atoms with E-state index in [1.165, 1.54) is 12.1 Å². The minimum absolute atomic E-state index is 0.0683. The minimum atomic E-state index is -0.279. The van der Waals surface area contributed by atoms with Crippen LogP contribution in [0.4, 0.5) is 4.39 Å². The first-order valence-electron chi connectivity index (χ1n) is 6.33. The van der Waals surface area contributed by atoms with Crippen molar-refractivity contribution in [1.29, 1.82) is 0 Å². The molecule has 0 spiro atoms. The van der Waals surface area contributed by atoms with Crippen LogP contribution in [0.1, 0.15) is 25.3 Å². The lowest BCUT2D eigenvalue weighted by Crippen LogP contribution is -2.68. The highest BCUT2D eigenvalue weighted by Gasteiger charge is 2.40. The van der Waals surface area contributed by atoms with Gasteiger partial charge in [-0.2, -0.15) is 0 Å². The molecule has 0 atom stereocenters. The maximum absolute atomic E-state index is 12.7. The summed E-state index contributed by atoms with van der Waals surface area (Å²) >= 11 is 0.